The van der Waals surface area contributed by atoms with E-state index in [0.717, 1.165) is 6.07 Å². The van der Waals surface area contributed by atoms with Crippen molar-refractivity contribution in [3.8, 4) is 0 Å². The maximum Gasteiger partial charge on any atom is 0.417 e. The number of ether oxygens (including phenoxy) is 1. The average Bonchev–Trinajstić information content (AvgIpc) is 2.71. The smallest absolute Gasteiger partial charge is 0.417 e. The topological polar surface area (TPSA) is 55.0 Å². The van der Waals surface area contributed by atoms with Crippen LogP contribution in [0, 0.1) is 0 Å². The number of aromatic nitrogens is 2. The standard InChI is InChI=1S/C11H9F3N2O2/c1-2-18-10(17)9-8-6(11(12,13)14)4-3-5-7(8)15-16-9/h3-5H,2H2,1H3,(H,15,16). The Balaban J connectivity index is 2.66. The maximum atomic E-state index is 12.8. The van der Waals surface area contributed by atoms with Crippen LogP contribution in [-0.4, -0.2) is 22.8 Å². The highest BCUT2D eigenvalue weighted by molar-refractivity contribution is 6.03. The molecule has 0 unspecified atom stereocenters. The summed E-state index contributed by atoms with van der Waals surface area (Å²) in [6.45, 7) is 1.64. The molecule has 0 saturated carbocycles. The van der Waals surface area contributed by atoms with Crippen molar-refractivity contribution in [2.75, 3.05) is 6.61 Å². The predicted octanol–water partition coefficient (Wildman–Crippen LogP) is 2.76. The summed E-state index contributed by atoms with van der Waals surface area (Å²) in [5.41, 5.74) is -1.11. The largest absolute Gasteiger partial charge is 0.461 e. The number of benzene rings is 1. The van der Waals surface area contributed by atoms with E-state index in [9.17, 15) is 18.0 Å². The van der Waals surface area contributed by atoms with Gasteiger partial charge in [0.2, 0.25) is 0 Å². The van der Waals surface area contributed by atoms with Gasteiger partial charge < -0.3 is 4.74 Å². The Kier molecular flexibility index (Phi) is 2.98. The Morgan fingerprint density at radius 3 is 2.78 bits per heavy atom. The van der Waals surface area contributed by atoms with Gasteiger partial charge in [-0.2, -0.15) is 18.3 Å². The second kappa shape index (κ2) is 4.32. The number of rotatable bonds is 2. The van der Waals surface area contributed by atoms with Crippen molar-refractivity contribution < 1.29 is 22.7 Å². The Morgan fingerprint density at radius 2 is 2.17 bits per heavy atom. The molecule has 1 aromatic heterocycles. The van der Waals surface area contributed by atoms with Crippen molar-refractivity contribution in [2.24, 2.45) is 0 Å². The number of H-pyrrole nitrogens is 1. The monoisotopic (exact) mass is 258 g/mol. The number of fused-ring (bicyclic) bond motifs is 1. The van der Waals surface area contributed by atoms with Gasteiger partial charge in [0.15, 0.2) is 5.69 Å². The molecule has 1 N–H and O–H groups in total. The van der Waals surface area contributed by atoms with Gasteiger partial charge in [-0.05, 0) is 19.1 Å². The van der Waals surface area contributed by atoms with E-state index >= 15 is 0 Å². The van der Waals surface area contributed by atoms with Crippen molar-refractivity contribution >= 4 is 16.9 Å². The van der Waals surface area contributed by atoms with Crippen molar-refractivity contribution in [1.29, 1.82) is 0 Å². The molecule has 0 amide bonds. The molecular weight excluding hydrogens is 249 g/mol. The van der Waals surface area contributed by atoms with E-state index in [-0.39, 0.29) is 23.2 Å². The van der Waals surface area contributed by atoms with Crippen LogP contribution in [0.1, 0.15) is 23.0 Å². The molecule has 0 saturated heterocycles. The lowest BCUT2D eigenvalue weighted by Gasteiger charge is -2.08. The van der Waals surface area contributed by atoms with E-state index in [0.29, 0.717) is 0 Å². The number of halogens is 3. The van der Waals surface area contributed by atoms with Gasteiger partial charge in [0, 0.05) is 5.39 Å². The minimum absolute atomic E-state index is 0.0708. The number of hydrogen-bond donors (Lipinski definition) is 1. The number of alkyl halides is 3. The third kappa shape index (κ3) is 2.03. The highest BCUT2D eigenvalue weighted by atomic mass is 19.4. The highest BCUT2D eigenvalue weighted by Gasteiger charge is 2.35. The van der Waals surface area contributed by atoms with Crippen LogP contribution >= 0.6 is 0 Å². The first-order valence-corrected chi connectivity index (χ1v) is 5.16. The summed E-state index contributed by atoms with van der Waals surface area (Å²) >= 11 is 0. The fourth-order valence-electron chi connectivity index (χ4n) is 1.66. The second-order valence-electron chi connectivity index (χ2n) is 3.52. The highest BCUT2D eigenvalue weighted by Crippen LogP contribution is 2.35. The molecule has 0 aliphatic carbocycles. The van der Waals surface area contributed by atoms with Gasteiger partial charge in [-0.15, -0.1) is 0 Å². The summed E-state index contributed by atoms with van der Waals surface area (Å²) in [6.07, 6.45) is -4.55. The van der Waals surface area contributed by atoms with E-state index in [4.69, 9.17) is 0 Å². The molecule has 0 spiro atoms. The van der Waals surface area contributed by atoms with Gasteiger partial charge in [0.25, 0.3) is 0 Å². The van der Waals surface area contributed by atoms with Gasteiger partial charge in [0.1, 0.15) is 0 Å². The van der Waals surface area contributed by atoms with E-state index < -0.39 is 17.7 Å². The van der Waals surface area contributed by atoms with Gasteiger partial charge in [-0.25, -0.2) is 4.79 Å². The Labute approximate surface area is 99.7 Å². The van der Waals surface area contributed by atoms with E-state index in [1.807, 2.05) is 0 Å². The third-order valence-corrected chi connectivity index (χ3v) is 2.36. The zero-order valence-corrected chi connectivity index (χ0v) is 9.34. The molecule has 4 nitrogen and oxygen atoms in total. The molecule has 0 atom stereocenters. The molecule has 0 aliphatic heterocycles. The molecular formula is C11H9F3N2O2. The minimum Gasteiger partial charge on any atom is -0.461 e. The zero-order chi connectivity index (χ0) is 13.3. The molecule has 1 aromatic carbocycles. The molecule has 18 heavy (non-hydrogen) atoms. The molecule has 7 heteroatoms. The van der Waals surface area contributed by atoms with Crippen LogP contribution in [0.2, 0.25) is 0 Å². The number of nitrogens with zero attached hydrogens (tertiary/aromatic N) is 1. The van der Waals surface area contributed by atoms with Gasteiger partial charge in [-0.3, -0.25) is 5.10 Å². The van der Waals surface area contributed by atoms with Crippen molar-refractivity contribution in [1.82, 2.24) is 10.2 Å². The third-order valence-electron chi connectivity index (χ3n) is 2.36. The Bertz CT molecular complexity index is 589. The van der Waals surface area contributed by atoms with Crippen LogP contribution in [0.15, 0.2) is 18.2 Å². The van der Waals surface area contributed by atoms with E-state index in [2.05, 4.69) is 14.9 Å². The SMILES string of the molecule is CCOC(=O)c1n[nH]c2cccc(C(F)(F)F)c12. The molecule has 2 aromatic rings. The van der Waals surface area contributed by atoms with Crippen molar-refractivity contribution in [2.45, 2.75) is 13.1 Å². The fraction of sp³-hybridized carbons (Fsp3) is 0.273. The average molecular weight is 258 g/mol. The molecule has 1 heterocycles. The van der Waals surface area contributed by atoms with Crippen molar-refractivity contribution in [3.63, 3.8) is 0 Å². The van der Waals surface area contributed by atoms with Crippen LogP contribution in [-0.2, 0) is 10.9 Å². The summed E-state index contributed by atoms with van der Waals surface area (Å²) in [6, 6.07) is 3.57. The lowest BCUT2D eigenvalue weighted by Crippen LogP contribution is -2.10. The number of carbonyl (C=O) groups is 1. The molecule has 2 rings (SSSR count). The zero-order valence-electron chi connectivity index (χ0n) is 9.34. The number of nitrogens with one attached hydrogen (secondary N) is 1. The van der Waals surface area contributed by atoms with Crippen LogP contribution < -0.4 is 0 Å². The van der Waals surface area contributed by atoms with Gasteiger partial charge in [-0.1, -0.05) is 6.07 Å². The second-order valence-corrected chi connectivity index (χ2v) is 3.52. The quantitative estimate of drug-likeness (QED) is 0.842. The van der Waals surface area contributed by atoms with E-state index in [1.165, 1.54) is 12.1 Å². The number of hydrogen-bond acceptors (Lipinski definition) is 3. The summed E-state index contributed by atoms with van der Waals surface area (Å²) in [7, 11) is 0. The molecule has 0 fully saturated rings. The van der Waals surface area contributed by atoms with E-state index in [1.54, 1.807) is 6.92 Å². The Hall–Kier alpha value is -2.05. The number of aromatic amines is 1. The van der Waals surface area contributed by atoms with Gasteiger partial charge in [0.05, 0.1) is 17.7 Å². The maximum absolute atomic E-state index is 12.8. The van der Waals surface area contributed by atoms with Crippen LogP contribution in [0.25, 0.3) is 10.9 Å². The molecule has 96 valence electrons. The summed E-state index contributed by atoms with van der Waals surface area (Å²) in [5.74, 6) is -0.875. The van der Waals surface area contributed by atoms with Crippen molar-refractivity contribution in [3.05, 3.63) is 29.5 Å². The molecule has 0 radical (unpaired) electrons. The first-order chi connectivity index (χ1) is 8.45. The van der Waals surface area contributed by atoms with Crippen LogP contribution in [0.4, 0.5) is 13.2 Å². The molecule has 0 bridgehead atoms. The molecule has 0 aliphatic rings. The minimum atomic E-state index is -4.55. The Morgan fingerprint density at radius 1 is 1.44 bits per heavy atom. The normalized spacial score (nSPS) is 11.8. The lowest BCUT2D eigenvalue weighted by molar-refractivity contribution is -0.136. The summed E-state index contributed by atoms with van der Waals surface area (Å²) in [5, 5.41) is 5.72. The van der Waals surface area contributed by atoms with Crippen LogP contribution in [0.3, 0.4) is 0 Å². The summed E-state index contributed by atoms with van der Waals surface area (Å²) in [4.78, 5) is 11.5. The summed E-state index contributed by atoms with van der Waals surface area (Å²) < 4.78 is 43.2. The number of esters is 1. The van der Waals surface area contributed by atoms with Crippen LogP contribution in [0.5, 0.6) is 0 Å². The predicted molar refractivity (Wildman–Crippen MR) is 57.1 cm³/mol. The fourth-order valence-corrected chi connectivity index (χ4v) is 1.66. The van der Waals surface area contributed by atoms with Gasteiger partial charge >= 0.3 is 12.1 Å². The first kappa shape index (κ1) is 12.4. The number of carbonyl (C=O) groups excluding carboxylic acids is 1. The lowest BCUT2D eigenvalue weighted by atomic mass is 10.1. The first-order valence-electron chi connectivity index (χ1n) is 5.16.